The monoisotopic (exact) mass is 374 g/mol. The van der Waals surface area contributed by atoms with Gasteiger partial charge in [-0.3, -0.25) is 4.90 Å². The van der Waals surface area contributed by atoms with Gasteiger partial charge in [0.05, 0.1) is 0 Å². The molecule has 2 nitrogen and oxygen atoms in total. The first-order valence-corrected chi connectivity index (χ1v) is 9.42. The highest BCUT2D eigenvalue weighted by molar-refractivity contribution is 9.10. The van der Waals surface area contributed by atoms with Crippen LogP contribution in [0.4, 0.5) is 0 Å². The maximum Gasteiger partial charge on any atom is 0.0401 e. The van der Waals surface area contributed by atoms with Gasteiger partial charge in [-0.15, -0.1) is 0 Å². The summed E-state index contributed by atoms with van der Waals surface area (Å²) < 4.78 is 1.18. The van der Waals surface area contributed by atoms with Crippen LogP contribution >= 0.6 is 27.7 Å². The lowest BCUT2D eigenvalue weighted by Crippen LogP contribution is -2.45. The molecular formula is C18H19BrN2S. The Bertz CT molecular complexity index is 683. The average molecular weight is 375 g/mol. The van der Waals surface area contributed by atoms with Crippen LogP contribution in [0.15, 0.2) is 56.7 Å². The van der Waals surface area contributed by atoms with Crippen molar-refractivity contribution < 1.29 is 0 Å². The molecule has 22 heavy (non-hydrogen) atoms. The fourth-order valence-corrected chi connectivity index (χ4v) is 4.94. The lowest BCUT2D eigenvalue weighted by atomic mass is 9.97. The molecule has 0 radical (unpaired) electrons. The van der Waals surface area contributed by atoms with Gasteiger partial charge in [0.2, 0.25) is 0 Å². The molecule has 1 unspecified atom stereocenters. The Hall–Kier alpha value is -0.810. The van der Waals surface area contributed by atoms with Gasteiger partial charge in [0.1, 0.15) is 0 Å². The van der Waals surface area contributed by atoms with E-state index in [0.717, 1.165) is 32.6 Å². The predicted molar refractivity (Wildman–Crippen MR) is 95.6 cm³/mol. The van der Waals surface area contributed by atoms with Gasteiger partial charge in [-0.1, -0.05) is 45.9 Å². The first-order valence-electron chi connectivity index (χ1n) is 7.81. The maximum absolute atomic E-state index is 3.63. The zero-order valence-electron chi connectivity index (χ0n) is 12.4. The molecule has 2 aliphatic rings. The molecule has 0 amide bonds. The van der Waals surface area contributed by atoms with Crippen LogP contribution in [-0.2, 0) is 6.42 Å². The fourth-order valence-electron chi connectivity index (χ4n) is 3.41. The first-order chi connectivity index (χ1) is 10.8. The lowest BCUT2D eigenvalue weighted by Gasteiger charge is -2.35. The summed E-state index contributed by atoms with van der Waals surface area (Å²) in [5, 5.41) is 3.47. The molecule has 1 fully saturated rings. The number of fused-ring (bicyclic) bond motifs is 2. The number of rotatable bonds is 1. The van der Waals surface area contributed by atoms with Crippen molar-refractivity contribution in [1.29, 1.82) is 0 Å². The Balaban J connectivity index is 1.78. The third-order valence-corrected chi connectivity index (χ3v) is 6.23. The Kier molecular flexibility index (Phi) is 4.27. The highest BCUT2D eigenvalue weighted by Crippen LogP contribution is 2.43. The molecule has 0 spiro atoms. The quantitative estimate of drug-likeness (QED) is 0.808. The van der Waals surface area contributed by atoms with Crippen molar-refractivity contribution in [2.45, 2.75) is 22.3 Å². The van der Waals surface area contributed by atoms with Crippen LogP contribution in [0.2, 0.25) is 0 Å². The zero-order valence-corrected chi connectivity index (χ0v) is 14.8. The first kappa shape index (κ1) is 14.8. The number of halogens is 1. The largest absolute Gasteiger partial charge is 0.314 e. The van der Waals surface area contributed by atoms with Gasteiger partial charge in [-0.2, -0.15) is 0 Å². The van der Waals surface area contributed by atoms with Gasteiger partial charge in [0, 0.05) is 46.5 Å². The van der Waals surface area contributed by atoms with Crippen LogP contribution in [0.5, 0.6) is 0 Å². The maximum atomic E-state index is 3.63. The van der Waals surface area contributed by atoms with Gasteiger partial charge in [0.25, 0.3) is 0 Å². The molecule has 2 aliphatic heterocycles. The van der Waals surface area contributed by atoms with E-state index in [1.807, 2.05) is 11.8 Å². The van der Waals surface area contributed by atoms with Crippen molar-refractivity contribution in [3.63, 3.8) is 0 Å². The van der Waals surface area contributed by atoms with E-state index in [1.54, 1.807) is 0 Å². The fraction of sp³-hybridized carbons (Fsp3) is 0.333. The summed E-state index contributed by atoms with van der Waals surface area (Å²) in [5.41, 5.74) is 2.95. The minimum absolute atomic E-state index is 0.487. The van der Waals surface area contributed by atoms with Crippen molar-refractivity contribution >= 4 is 27.7 Å². The normalized spacial score (nSPS) is 21.8. The molecule has 4 heteroatoms. The molecule has 0 aliphatic carbocycles. The van der Waals surface area contributed by atoms with Gasteiger partial charge < -0.3 is 5.32 Å². The number of nitrogens with one attached hydrogen (secondary N) is 1. The van der Waals surface area contributed by atoms with Crippen LogP contribution in [-0.4, -0.2) is 31.1 Å². The number of hydrogen-bond donors (Lipinski definition) is 1. The molecule has 1 N–H and O–H groups in total. The van der Waals surface area contributed by atoms with Crippen LogP contribution in [0.3, 0.4) is 0 Å². The topological polar surface area (TPSA) is 15.3 Å². The molecule has 2 aromatic rings. The molecule has 0 bridgehead atoms. The van der Waals surface area contributed by atoms with Gasteiger partial charge in [0.15, 0.2) is 0 Å². The highest BCUT2D eigenvalue weighted by atomic mass is 79.9. The molecule has 4 rings (SSSR count). The van der Waals surface area contributed by atoms with Gasteiger partial charge >= 0.3 is 0 Å². The third kappa shape index (κ3) is 2.85. The van der Waals surface area contributed by atoms with E-state index < -0.39 is 0 Å². The highest BCUT2D eigenvalue weighted by Gasteiger charge is 2.28. The van der Waals surface area contributed by atoms with E-state index in [4.69, 9.17) is 0 Å². The number of benzene rings is 2. The summed E-state index contributed by atoms with van der Waals surface area (Å²) in [6, 6.07) is 16.1. The van der Waals surface area contributed by atoms with Crippen molar-refractivity contribution in [1.82, 2.24) is 10.2 Å². The standard InChI is InChI=1S/C18H19BrN2S/c19-14-5-6-17-13(11-14)12-16(21-9-7-20-8-10-21)15-3-1-2-4-18(15)22-17/h1-6,11,16,20H,7-10,12H2. The van der Waals surface area contributed by atoms with Crippen molar-refractivity contribution in [3.05, 3.63) is 58.1 Å². The summed E-state index contributed by atoms with van der Waals surface area (Å²) in [4.78, 5) is 5.45. The van der Waals surface area contributed by atoms with E-state index >= 15 is 0 Å². The molecule has 2 heterocycles. The third-order valence-electron chi connectivity index (χ3n) is 4.53. The minimum atomic E-state index is 0.487. The Morgan fingerprint density at radius 2 is 1.86 bits per heavy atom. The van der Waals surface area contributed by atoms with E-state index in [-0.39, 0.29) is 0 Å². The zero-order chi connectivity index (χ0) is 14.9. The Morgan fingerprint density at radius 1 is 1.05 bits per heavy atom. The molecule has 1 saturated heterocycles. The number of piperazine rings is 1. The molecule has 1 atom stereocenters. The minimum Gasteiger partial charge on any atom is -0.314 e. The van der Waals surface area contributed by atoms with Crippen LogP contribution in [0.1, 0.15) is 17.2 Å². The number of hydrogen-bond acceptors (Lipinski definition) is 3. The lowest BCUT2D eigenvalue weighted by molar-refractivity contribution is 0.170. The summed E-state index contributed by atoms with van der Waals surface area (Å²) in [6.45, 7) is 4.45. The van der Waals surface area contributed by atoms with Crippen LogP contribution < -0.4 is 5.32 Å². The summed E-state index contributed by atoms with van der Waals surface area (Å²) in [6.07, 6.45) is 1.10. The van der Waals surface area contributed by atoms with Crippen LogP contribution in [0, 0.1) is 0 Å². The number of nitrogens with zero attached hydrogens (tertiary/aromatic N) is 1. The summed E-state index contributed by atoms with van der Waals surface area (Å²) >= 11 is 5.55. The summed E-state index contributed by atoms with van der Waals surface area (Å²) in [5.74, 6) is 0. The van der Waals surface area contributed by atoms with Crippen molar-refractivity contribution in [2.75, 3.05) is 26.2 Å². The Labute approximate surface area is 144 Å². The SMILES string of the molecule is Brc1ccc2c(c1)CC(N1CCNCC1)c1ccccc1S2. The predicted octanol–water partition coefficient (Wildman–Crippen LogP) is 4.10. The smallest absolute Gasteiger partial charge is 0.0401 e. The van der Waals surface area contributed by atoms with Crippen molar-refractivity contribution in [2.24, 2.45) is 0 Å². The summed E-state index contributed by atoms with van der Waals surface area (Å²) in [7, 11) is 0. The van der Waals surface area contributed by atoms with Crippen LogP contribution in [0.25, 0.3) is 0 Å². The molecular weight excluding hydrogens is 356 g/mol. The second kappa shape index (κ2) is 6.36. The van der Waals surface area contributed by atoms with E-state index in [0.29, 0.717) is 6.04 Å². The second-order valence-electron chi connectivity index (χ2n) is 5.90. The second-order valence-corrected chi connectivity index (χ2v) is 7.90. The Morgan fingerprint density at radius 3 is 2.73 bits per heavy atom. The average Bonchev–Trinajstić information content (AvgIpc) is 2.72. The molecule has 0 saturated carbocycles. The van der Waals surface area contributed by atoms with E-state index in [9.17, 15) is 0 Å². The van der Waals surface area contributed by atoms with E-state index in [1.165, 1.54) is 25.4 Å². The molecule has 2 aromatic carbocycles. The van der Waals surface area contributed by atoms with Crippen molar-refractivity contribution in [3.8, 4) is 0 Å². The van der Waals surface area contributed by atoms with Gasteiger partial charge in [-0.05, 0) is 41.8 Å². The molecule has 0 aromatic heterocycles. The van der Waals surface area contributed by atoms with Gasteiger partial charge in [-0.25, -0.2) is 0 Å². The van der Waals surface area contributed by atoms with E-state index in [2.05, 4.69) is 68.6 Å². The molecule has 114 valence electrons.